The van der Waals surface area contributed by atoms with Crippen LogP contribution in [0, 0.1) is 0 Å². The van der Waals surface area contributed by atoms with Crippen LogP contribution < -0.4 is 14.8 Å². The minimum atomic E-state index is -3.07. The van der Waals surface area contributed by atoms with Gasteiger partial charge in [0.2, 0.25) is 0 Å². The van der Waals surface area contributed by atoms with Gasteiger partial charge in [-0.2, -0.15) is 0 Å². The summed E-state index contributed by atoms with van der Waals surface area (Å²) in [4.78, 5) is 0. The molecular formula is C12H15NO4S. The van der Waals surface area contributed by atoms with E-state index in [0.29, 0.717) is 17.2 Å². The van der Waals surface area contributed by atoms with Crippen LogP contribution in [0.25, 0.3) is 0 Å². The number of methoxy groups -OCH3 is 2. The van der Waals surface area contributed by atoms with Crippen molar-refractivity contribution in [3.05, 3.63) is 29.7 Å². The highest BCUT2D eigenvalue weighted by Gasteiger charge is 2.22. The average Bonchev–Trinajstić information content (AvgIpc) is 2.68. The first kappa shape index (κ1) is 12.8. The van der Waals surface area contributed by atoms with Crippen molar-refractivity contribution in [2.75, 3.05) is 25.3 Å². The summed E-state index contributed by atoms with van der Waals surface area (Å²) in [5.41, 5.74) is 0.712. The fourth-order valence-corrected chi connectivity index (χ4v) is 3.03. The average molecular weight is 269 g/mol. The van der Waals surface area contributed by atoms with Crippen molar-refractivity contribution in [2.24, 2.45) is 0 Å². The largest absolute Gasteiger partial charge is 0.497 e. The standard InChI is InChI=1S/C12H15NO4S/c1-16-10-3-4-12(17-2)11(7-10)13-9-5-6-18(14,15)8-9/h3-7,9,13H,8H2,1-2H3. The number of nitrogens with one attached hydrogen (secondary N) is 1. The summed E-state index contributed by atoms with van der Waals surface area (Å²) in [7, 11) is 0.0727. The van der Waals surface area contributed by atoms with Gasteiger partial charge in [0.15, 0.2) is 9.84 Å². The molecule has 0 aromatic heterocycles. The topological polar surface area (TPSA) is 64.6 Å². The van der Waals surface area contributed by atoms with E-state index < -0.39 is 9.84 Å². The number of anilines is 1. The number of hydrogen-bond acceptors (Lipinski definition) is 5. The Kier molecular flexibility index (Phi) is 3.47. The molecule has 1 unspecified atom stereocenters. The highest BCUT2D eigenvalue weighted by Crippen LogP contribution is 2.30. The zero-order valence-electron chi connectivity index (χ0n) is 10.2. The highest BCUT2D eigenvalue weighted by molar-refractivity contribution is 7.94. The zero-order valence-corrected chi connectivity index (χ0v) is 11.0. The predicted octanol–water partition coefficient (Wildman–Crippen LogP) is 1.43. The molecule has 0 radical (unpaired) electrons. The third-order valence-corrected chi connectivity index (χ3v) is 4.07. The van der Waals surface area contributed by atoms with Crippen LogP contribution in [0.4, 0.5) is 5.69 Å². The van der Waals surface area contributed by atoms with Crippen LogP contribution in [0.1, 0.15) is 0 Å². The fraction of sp³-hybridized carbons (Fsp3) is 0.333. The van der Waals surface area contributed by atoms with Gasteiger partial charge < -0.3 is 14.8 Å². The lowest BCUT2D eigenvalue weighted by Crippen LogP contribution is -2.21. The Morgan fingerprint density at radius 3 is 2.61 bits per heavy atom. The molecule has 1 N–H and O–H groups in total. The van der Waals surface area contributed by atoms with Gasteiger partial charge in [-0.1, -0.05) is 6.08 Å². The van der Waals surface area contributed by atoms with Crippen molar-refractivity contribution < 1.29 is 17.9 Å². The third kappa shape index (κ3) is 2.76. The van der Waals surface area contributed by atoms with Gasteiger partial charge in [-0.15, -0.1) is 0 Å². The van der Waals surface area contributed by atoms with E-state index in [1.165, 1.54) is 5.41 Å². The number of benzene rings is 1. The lowest BCUT2D eigenvalue weighted by Gasteiger charge is -2.15. The Balaban J connectivity index is 2.20. The van der Waals surface area contributed by atoms with Crippen LogP contribution in [0.15, 0.2) is 29.7 Å². The van der Waals surface area contributed by atoms with Gasteiger partial charge in [-0.25, -0.2) is 8.42 Å². The molecule has 0 aliphatic carbocycles. The van der Waals surface area contributed by atoms with E-state index in [2.05, 4.69) is 5.32 Å². The van der Waals surface area contributed by atoms with Gasteiger partial charge >= 0.3 is 0 Å². The van der Waals surface area contributed by atoms with Crippen LogP contribution in [-0.2, 0) is 9.84 Å². The number of hydrogen-bond donors (Lipinski definition) is 1. The van der Waals surface area contributed by atoms with Gasteiger partial charge in [0.25, 0.3) is 0 Å². The second kappa shape index (κ2) is 4.89. The number of sulfone groups is 1. The molecule has 1 heterocycles. The molecule has 18 heavy (non-hydrogen) atoms. The second-order valence-corrected chi connectivity index (χ2v) is 5.91. The van der Waals surface area contributed by atoms with Crippen LogP contribution in [0.3, 0.4) is 0 Å². The Bertz CT molecular complexity index is 565. The summed E-state index contributed by atoms with van der Waals surface area (Å²) in [6.45, 7) is 0. The summed E-state index contributed by atoms with van der Waals surface area (Å²) in [6.07, 6.45) is 1.63. The number of ether oxygens (including phenoxy) is 2. The first-order valence-corrected chi connectivity index (χ1v) is 7.15. The SMILES string of the molecule is COc1ccc(OC)c(NC2C=CS(=O)(=O)C2)c1. The molecule has 0 saturated heterocycles. The molecule has 1 aromatic carbocycles. The first-order chi connectivity index (χ1) is 8.54. The normalized spacial score (nSPS) is 20.7. The molecule has 5 nitrogen and oxygen atoms in total. The minimum Gasteiger partial charge on any atom is -0.497 e. The minimum absolute atomic E-state index is 0.0629. The van der Waals surface area contributed by atoms with Crippen molar-refractivity contribution in [2.45, 2.75) is 6.04 Å². The van der Waals surface area contributed by atoms with Gasteiger partial charge in [-0.05, 0) is 12.1 Å². The van der Waals surface area contributed by atoms with Crippen LogP contribution >= 0.6 is 0 Å². The van der Waals surface area contributed by atoms with E-state index in [1.807, 2.05) is 0 Å². The quantitative estimate of drug-likeness (QED) is 0.895. The van der Waals surface area contributed by atoms with Gasteiger partial charge in [0, 0.05) is 11.5 Å². The molecule has 98 valence electrons. The molecular weight excluding hydrogens is 254 g/mol. The van der Waals surface area contributed by atoms with Crippen molar-refractivity contribution in [3.8, 4) is 11.5 Å². The molecule has 6 heteroatoms. The molecule has 2 rings (SSSR count). The monoisotopic (exact) mass is 269 g/mol. The summed E-state index contributed by atoms with van der Waals surface area (Å²) in [6, 6.07) is 5.09. The Hall–Kier alpha value is -1.69. The van der Waals surface area contributed by atoms with Crippen molar-refractivity contribution >= 4 is 15.5 Å². The smallest absolute Gasteiger partial charge is 0.173 e. The molecule has 0 spiro atoms. The van der Waals surface area contributed by atoms with Gasteiger partial charge in [-0.3, -0.25) is 0 Å². The van der Waals surface area contributed by atoms with E-state index in [1.54, 1.807) is 38.5 Å². The van der Waals surface area contributed by atoms with Crippen LogP contribution in [-0.4, -0.2) is 34.4 Å². The molecule has 1 aliphatic rings. The van der Waals surface area contributed by atoms with Gasteiger partial charge in [0.05, 0.1) is 31.7 Å². The molecule has 1 aromatic rings. The molecule has 0 bridgehead atoms. The number of rotatable bonds is 4. The maximum absolute atomic E-state index is 11.3. The first-order valence-electron chi connectivity index (χ1n) is 5.43. The maximum Gasteiger partial charge on any atom is 0.173 e. The maximum atomic E-state index is 11.3. The summed E-state index contributed by atoms with van der Waals surface area (Å²) in [5, 5.41) is 4.35. The van der Waals surface area contributed by atoms with Crippen molar-refractivity contribution in [1.82, 2.24) is 0 Å². The van der Waals surface area contributed by atoms with Crippen molar-refractivity contribution in [1.29, 1.82) is 0 Å². The highest BCUT2D eigenvalue weighted by atomic mass is 32.2. The molecule has 0 amide bonds. The Labute approximate surface area is 106 Å². The second-order valence-electron chi connectivity index (χ2n) is 3.98. The molecule has 0 saturated carbocycles. The van der Waals surface area contributed by atoms with E-state index >= 15 is 0 Å². The summed E-state index contributed by atoms with van der Waals surface area (Å²) < 4.78 is 33.0. The van der Waals surface area contributed by atoms with Gasteiger partial charge in [0.1, 0.15) is 11.5 Å². The van der Waals surface area contributed by atoms with Crippen LogP contribution in [0.5, 0.6) is 11.5 Å². The summed E-state index contributed by atoms with van der Waals surface area (Å²) in [5.74, 6) is 1.39. The van der Waals surface area contributed by atoms with E-state index in [9.17, 15) is 8.42 Å². The molecule has 1 aliphatic heterocycles. The van der Waals surface area contributed by atoms with E-state index in [4.69, 9.17) is 9.47 Å². The Morgan fingerprint density at radius 1 is 1.28 bits per heavy atom. The fourth-order valence-electron chi connectivity index (χ4n) is 1.79. The third-order valence-electron chi connectivity index (χ3n) is 2.68. The van der Waals surface area contributed by atoms with Crippen molar-refractivity contribution in [3.63, 3.8) is 0 Å². The van der Waals surface area contributed by atoms with E-state index in [-0.39, 0.29) is 11.8 Å². The lowest BCUT2D eigenvalue weighted by molar-refractivity contribution is 0.404. The van der Waals surface area contributed by atoms with Crippen LogP contribution in [0.2, 0.25) is 0 Å². The van der Waals surface area contributed by atoms with E-state index in [0.717, 1.165) is 0 Å². The molecule has 1 atom stereocenters. The molecule has 0 fully saturated rings. The zero-order chi connectivity index (χ0) is 13.2. The lowest BCUT2D eigenvalue weighted by atomic mass is 10.2. The predicted molar refractivity (Wildman–Crippen MR) is 69.9 cm³/mol. The summed E-state index contributed by atoms with van der Waals surface area (Å²) >= 11 is 0. The Morgan fingerprint density at radius 2 is 2.06 bits per heavy atom.